The van der Waals surface area contributed by atoms with E-state index in [1.54, 1.807) is 5.32 Å². The van der Waals surface area contributed by atoms with Crippen LogP contribution in [0.15, 0.2) is 0 Å². The zero-order valence-corrected chi connectivity index (χ0v) is 7.25. The molecule has 0 fully saturated rings. The van der Waals surface area contributed by atoms with Crippen molar-refractivity contribution in [3.05, 3.63) is 0 Å². The molecule has 2 N–H and O–H groups in total. The van der Waals surface area contributed by atoms with Gasteiger partial charge in [-0.15, -0.1) is 0 Å². The summed E-state index contributed by atoms with van der Waals surface area (Å²) in [5.74, 6) is -0.611. The van der Waals surface area contributed by atoms with Crippen molar-refractivity contribution in [3.63, 3.8) is 0 Å². The van der Waals surface area contributed by atoms with Crippen LogP contribution in [-0.4, -0.2) is 38.9 Å². The van der Waals surface area contributed by atoms with E-state index in [0.29, 0.717) is 0 Å². The summed E-state index contributed by atoms with van der Waals surface area (Å²) in [7, 11) is 2.30. The summed E-state index contributed by atoms with van der Waals surface area (Å²) in [6.45, 7) is -0.306. The number of imide groups is 1. The van der Waals surface area contributed by atoms with Crippen LogP contribution in [0.4, 0.5) is 9.59 Å². The van der Waals surface area contributed by atoms with Crippen molar-refractivity contribution < 1.29 is 23.9 Å². The Morgan fingerprint density at radius 2 is 1.77 bits per heavy atom. The lowest BCUT2D eigenvalue weighted by atomic mass is 10.6. The molecule has 0 saturated carbocycles. The second kappa shape index (κ2) is 5.81. The first-order chi connectivity index (χ1) is 6.10. The lowest BCUT2D eigenvalue weighted by Gasteiger charge is -2.03. The maximum atomic E-state index is 10.7. The molecular formula is C6H10N2O5. The Bertz CT molecular complexity index is 215. The minimum Gasteiger partial charge on any atom is -0.468 e. The number of nitrogens with one attached hydrogen (secondary N) is 2. The van der Waals surface area contributed by atoms with Gasteiger partial charge in [-0.05, 0) is 0 Å². The van der Waals surface area contributed by atoms with E-state index in [9.17, 15) is 14.4 Å². The molecule has 3 amide bonds. The van der Waals surface area contributed by atoms with E-state index in [4.69, 9.17) is 0 Å². The van der Waals surface area contributed by atoms with Gasteiger partial charge in [0.15, 0.2) is 0 Å². The van der Waals surface area contributed by atoms with Crippen LogP contribution in [0.5, 0.6) is 0 Å². The maximum Gasteiger partial charge on any atom is 0.415 e. The first-order valence-electron chi connectivity index (χ1n) is 3.29. The molecule has 7 heteroatoms. The van der Waals surface area contributed by atoms with Crippen molar-refractivity contribution in [1.29, 1.82) is 0 Å². The molecule has 0 aromatic heterocycles. The van der Waals surface area contributed by atoms with Crippen molar-refractivity contribution in [2.75, 3.05) is 20.8 Å². The van der Waals surface area contributed by atoms with Gasteiger partial charge in [-0.2, -0.15) is 0 Å². The summed E-state index contributed by atoms with van der Waals surface area (Å²) in [5, 5.41) is 3.86. The third-order valence-corrected chi connectivity index (χ3v) is 1.02. The molecule has 0 aromatic carbocycles. The van der Waals surface area contributed by atoms with Gasteiger partial charge in [-0.25, -0.2) is 14.9 Å². The van der Waals surface area contributed by atoms with Crippen LogP contribution in [0.3, 0.4) is 0 Å². The molecule has 0 heterocycles. The normalized spacial score (nSPS) is 8.46. The van der Waals surface area contributed by atoms with E-state index in [2.05, 4.69) is 14.8 Å². The van der Waals surface area contributed by atoms with Crippen molar-refractivity contribution in [1.82, 2.24) is 10.6 Å². The average Bonchev–Trinajstić information content (AvgIpc) is 2.13. The predicted molar refractivity (Wildman–Crippen MR) is 41.0 cm³/mol. The third-order valence-electron chi connectivity index (χ3n) is 1.02. The van der Waals surface area contributed by atoms with E-state index in [-0.39, 0.29) is 6.54 Å². The fourth-order valence-electron chi connectivity index (χ4n) is 0.413. The Kier molecular flexibility index (Phi) is 5.01. The number of esters is 1. The van der Waals surface area contributed by atoms with E-state index >= 15 is 0 Å². The fraction of sp³-hybridized carbons (Fsp3) is 0.500. The van der Waals surface area contributed by atoms with Gasteiger partial charge in [0, 0.05) is 0 Å². The number of ether oxygens (including phenoxy) is 2. The number of rotatable bonds is 2. The summed E-state index contributed by atoms with van der Waals surface area (Å²) in [6.07, 6.45) is -0.901. The van der Waals surface area contributed by atoms with E-state index in [1.165, 1.54) is 7.11 Å². The first-order valence-corrected chi connectivity index (χ1v) is 3.29. The molecule has 0 rings (SSSR count). The van der Waals surface area contributed by atoms with Crippen molar-refractivity contribution >= 4 is 18.1 Å². The number of carbonyl (C=O) groups excluding carboxylic acids is 3. The molecule has 0 aliphatic heterocycles. The summed E-state index contributed by atoms with van der Waals surface area (Å²) < 4.78 is 8.36. The molecule has 0 aliphatic carbocycles. The standard InChI is InChI=1S/C6H10N2O5/c1-12-4(9)3-7-5(10)8-6(11)13-2/h3H2,1-2H3,(H2,7,8,10,11). The molecule has 0 unspecified atom stereocenters. The van der Waals surface area contributed by atoms with E-state index in [1.807, 2.05) is 0 Å². The van der Waals surface area contributed by atoms with Crippen molar-refractivity contribution in [2.45, 2.75) is 0 Å². The molecule has 0 aromatic rings. The lowest BCUT2D eigenvalue weighted by Crippen LogP contribution is -2.41. The second-order valence-corrected chi connectivity index (χ2v) is 1.88. The minimum absolute atomic E-state index is 0.306. The van der Waals surface area contributed by atoms with Crippen molar-refractivity contribution in [2.24, 2.45) is 0 Å². The van der Waals surface area contributed by atoms with Gasteiger partial charge in [0.25, 0.3) is 0 Å². The smallest absolute Gasteiger partial charge is 0.415 e. The number of alkyl carbamates (subject to hydrolysis) is 1. The first kappa shape index (κ1) is 11.2. The second-order valence-electron chi connectivity index (χ2n) is 1.88. The molecular weight excluding hydrogens is 180 g/mol. The highest BCUT2D eigenvalue weighted by Crippen LogP contribution is 1.73. The van der Waals surface area contributed by atoms with Gasteiger partial charge in [-0.1, -0.05) is 0 Å². The van der Waals surface area contributed by atoms with Gasteiger partial charge in [-0.3, -0.25) is 4.79 Å². The maximum absolute atomic E-state index is 10.7. The van der Waals surface area contributed by atoms with E-state index in [0.717, 1.165) is 7.11 Å². The van der Waals surface area contributed by atoms with Gasteiger partial charge in [0.2, 0.25) is 0 Å². The van der Waals surface area contributed by atoms with Gasteiger partial charge >= 0.3 is 18.1 Å². The Hall–Kier alpha value is -1.79. The zero-order valence-electron chi connectivity index (χ0n) is 7.25. The Balaban J connectivity index is 3.63. The number of hydrogen-bond acceptors (Lipinski definition) is 5. The molecule has 0 atom stereocenters. The van der Waals surface area contributed by atoms with Gasteiger partial charge in [0.05, 0.1) is 14.2 Å². The summed E-state index contributed by atoms with van der Waals surface area (Å²) in [5.41, 5.74) is 0. The molecule has 13 heavy (non-hydrogen) atoms. The monoisotopic (exact) mass is 190 g/mol. The third kappa shape index (κ3) is 5.48. The Labute approximate surface area is 74.4 Å². The molecule has 0 aliphatic rings. The quantitative estimate of drug-likeness (QED) is 0.557. The highest BCUT2D eigenvalue weighted by atomic mass is 16.5. The van der Waals surface area contributed by atoms with Crippen LogP contribution in [-0.2, 0) is 14.3 Å². The number of hydrogen-bond donors (Lipinski definition) is 2. The molecule has 0 spiro atoms. The van der Waals surface area contributed by atoms with Crippen LogP contribution < -0.4 is 10.6 Å². The topological polar surface area (TPSA) is 93.7 Å². The predicted octanol–water partition coefficient (Wildman–Crippen LogP) is -0.775. The Morgan fingerprint density at radius 3 is 2.23 bits per heavy atom. The average molecular weight is 190 g/mol. The zero-order chi connectivity index (χ0) is 10.3. The highest BCUT2D eigenvalue weighted by Gasteiger charge is 2.07. The number of carbonyl (C=O) groups is 3. The number of amides is 3. The van der Waals surface area contributed by atoms with Crippen LogP contribution in [0.25, 0.3) is 0 Å². The molecule has 0 bridgehead atoms. The van der Waals surface area contributed by atoms with Crippen LogP contribution in [0, 0.1) is 0 Å². The fourth-order valence-corrected chi connectivity index (χ4v) is 0.413. The van der Waals surface area contributed by atoms with Crippen LogP contribution in [0.1, 0.15) is 0 Å². The Morgan fingerprint density at radius 1 is 1.15 bits per heavy atom. The number of urea groups is 1. The summed E-state index contributed by atoms with van der Waals surface area (Å²) in [6, 6.07) is -0.822. The van der Waals surface area contributed by atoms with Crippen LogP contribution in [0.2, 0.25) is 0 Å². The molecule has 0 saturated heterocycles. The SMILES string of the molecule is COC(=O)CNC(=O)NC(=O)OC. The summed E-state index contributed by atoms with van der Waals surface area (Å²) >= 11 is 0. The minimum atomic E-state index is -0.901. The van der Waals surface area contributed by atoms with Gasteiger partial charge in [0.1, 0.15) is 6.54 Å². The number of methoxy groups -OCH3 is 2. The van der Waals surface area contributed by atoms with Gasteiger partial charge < -0.3 is 14.8 Å². The van der Waals surface area contributed by atoms with E-state index < -0.39 is 18.1 Å². The van der Waals surface area contributed by atoms with Crippen LogP contribution >= 0.6 is 0 Å². The molecule has 7 nitrogen and oxygen atoms in total. The lowest BCUT2D eigenvalue weighted by molar-refractivity contribution is -0.139. The molecule has 74 valence electrons. The summed E-state index contributed by atoms with van der Waals surface area (Å²) in [4.78, 5) is 31.6. The highest BCUT2D eigenvalue weighted by molar-refractivity contribution is 5.92. The largest absolute Gasteiger partial charge is 0.468 e. The molecule has 0 radical (unpaired) electrons. The van der Waals surface area contributed by atoms with Crippen molar-refractivity contribution in [3.8, 4) is 0 Å².